The molecule has 0 atom stereocenters. The van der Waals surface area contributed by atoms with E-state index in [9.17, 15) is 5.11 Å². The average molecular weight is 362 g/mol. The molecule has 0 bridgehead atoms. The Kier molecular flexibility index (Phi) is 5.40. The summed E-state index contributed by atoms with van der Waals surface area (Å²) in [5.74, 6) is 1.17. The first-order chi connectivity index (χ1) is 12.2. The van der Waals surface area contributed by atoms with E-state index in [1.54, 1.807) is 41.3 Å². The Bertz CT molecular complexity index is 935. The van der Waals surface area contributed by atoms with E-state index in [2.05, 4.69) is 18.2 Å². The van der Waals surface area contributed by atoms with Gasteiger partial charge in [0.15, 0.2) is 0 Å². The van der Waals surface area contributed by atoms with Gasteiger partial charge in [0.25, 0.3) is 0 Å². The summed E-state index contributed by atoms with van der Waals surface area (Å²) >= 11 is 3.38. The minimum atomic E-state index is 0.126. The molecule has 1 aromatic carbocycles. The number of nitriles is 2. The predicted octanol–water partition coefficient (Wildman–Crippen LogP) is 5.50. The maximum absolute atomic E-state index is 9.41. The van der Waals surface area contributed by atoms with Crippen LogP contribution in [0.3, 0.4) is 0 Å². The van der Waals surface area contributed by atoms with Crippen LogP contribution in [-0.4, -0.2) is 10.9 Å². The van der Waals surface area contributed by atoms with Crippen molar-refractivity contribution in [3.05, 3.63) is 70.0 Å². The van der Waals surface area contributed by atoms with E-state index in [1.807, 2.05) is 30.3 Å². The molecule has 0 aliphatic carbocycles. The molecule has 0 spiro atoms. The number of rotatable bonds is 3. The molecule has 122 valence electrons. The molecule has 0 amide bonds. The Morgan fingerprint density at radius 2 is 1.72 bits per heavy atom. The minimum absolute atomic E-state index is 0.126. The molecule has 0 fully saturated rings. The number of thioether (sulfide) groups is 1. The first-order valence-electron chi connectivity index (χ1n) is 7.65. The zero-order valence-electron chi connectivity index (χ0n) is 13.3. The lowest BCUT2D eigenvalue weighted by Crippen LogP contribution is -1.82. The van der Waals surface area contributed by atoms with E-state index >= 15 is 0 Å². The maximum Gasteiger partial charge on any atom is 0.130 e. The van der Waals surface area contributed by atoms with Gasteiger partial charge >= 0.3 is 0 Å². The van der Waals surface area contributed by atoms with Crippen molar-refractivity contribution >= 4 is 28.7 Å². The van der Waals surface area contributed by atoms with E-state index in [1.165, 1.54) is 10.5 Å². The van der Waals surface area contributed by atoms with Gasteiger partial charge in [-0.3, -0.25) is 0 Å². The molecule has 1 aliphatic heterocycles. The third-order valence-corrected chi connectivity index (χ3v) is 5.90. The summed E-state index contributed by atoms with van der Waals surface area (Å²) in [5, 5.41) is 27.2. The van der Waals surface area contributed by atoms with Gasteiger partial charge in [-0.15, -0.1) is 23.1 Å². The largest absolute Gasteiger partial charge is 0.508 e. The van der Waals surface area contributed by atoms with Crippen LogP contribution in [-0.2, 0) is 0 Å². The molecule has 2 aromatic rings. The first kappa shape index (κ1) is 17.1. The molecule has 1 aromatic heterocycles. The fraction of sp³-hybridized carbons (Fsp3) is 0.100. The summed E-state index contributed by atoms with van der Waals surface area (Å²) < 4.78 is 0. The summed E-state index contributed by atoms with van der Waals surface area (Å²) in [6.45, 7) is 0. The number of allylic oxidation sites excluding steroid dienone is 5. The van der Waals surface area contributed by atoms with Crippen molar-refractivity contribution in [2.45, 2.75) is 6.42 Å². The number of thiophene rings is 1. The van der Waals surface area contributed by atoms with E-state index in [0.717, 1.165) is 27.5 Å². The van der Waals surface area contributed by atoms with E-state index < -0.39 is 0 Å². The highest BCUT2D eigenvalue weighted by atomic mass is 32.2. The third kappa shape index (κ3) is 4.22. The molecule has 25 heavy (non-hydrogen) atoms. The van der Waals surface area contributed by atoms with Crippen LogP contribution in [0.1, 0.15) is 11.3 Å². The second-order valence-electron chi connectivity index (χ2n) is 5.35. The van der Waals surface area contributed by atoms with Crippen LogP contribution in [0.15, 0.2) is 65.1 Å². The van der Waals surface area contributed by atoms with Crippen LogP contribution >= 0.6 is 23.1 Å². The Balaban J connectivity index is 1.85. The summed E-state index contributed by atoms with van der Waals surface area (Å²) in [6.07, 6.45) is 6.62. The standard InChI is InChI=1S/C20H14N2OS2/c21-12-14(13-22)11-18-6-3-16(9-10-24-18)20-8-7-19(25-20)15-1-4-17(23)5-2-15/h1-8,11,23H,9-10H2. The Labute approximate surface area is 154 Å². The summed E-state index contributed by atoms with van der Waals surface area (Å²) in [5.41, 5.74) is 2.47. The predicted molar refractivity (Wildman–Crippen MR) is 104 cm³/mol. The number of phenolic OH excluding ortho intramolecular Hbond substituents is 1. The maximum atomic E-state index is 9.41. The minimum Gasteiger partial charge on any atom is -0.508 e. The number of phenols is 1. The lowest BCUT2D eigenvalue weighted by atomic mass is 10.1. The fourth-order valence-corrected chi connectivity index (χ4v) is 4.40. The number of hydrogen-bond acceptors (Lipinski definition) is 5. The van der Waals surface area contributed by atoms with Gasteiger partial charge in [0, 0.05) is 20.4 Å². The molecule has 3 nitrogen and oxygen atoms in total. The lowest BCUT2D eigenvalue weighted by molar-refractivity contribution is 0.475. The van der Waals surface area contributed by atoms with Crippen LogP contribution in [0.25, 0.3) is 16.0 Å². The highest BCUT2D eigenvalue weighted by Gasteiger charge is 2.10. The third-order valence-electron chi connectivity index (χ3n) is 3.69. The molecule has 5 heteroatoms. The van der Waals surface area contributed by atoms with E-state index in [4.69, 9.17) is 10.5 Å². The molecule has 0 radical (unpaired) electrons. The van der Waals surface area contributed by atoms with Crippen molar-refractivity contribution in [1.29, 1.82) is 10.5 Å². The van der Waals surface area contributed by atoms with E-state index in [0.29, 0.717) is 0 Å². The van der Waals surface area contributed by atoms with Crippen LogP contribution in [0.4, 0.5) is 0 Å². The smallest absolute Gasteiger partial charge is 0.130 e. The molecular weight excluding hydrogens is 348 g/mol. The van der Waals surface area contributed by atoms with Gasteiger partial charge in [-0.2, -0.15) is 10.5 Å². The van der Waals surface area contributed by atoms with Gasteiger partial charge in [0.2, 0.25) is 0 Å². The highest BCUT2D eigenvalue weighted by Crippen LogP contribution is 2.36. The molecule has 3 rings (SSSR count). The SMILES string of the molecule is N#CC(C#N)=CC1=CC=C(c2ccc(-c3ccc(O)cc3)s2)CCS1. The quantitative estimate of drug-likeness (QED) is 0.732. The fourth-order valence-electron chi connectivity index (χ4n) is 2.41. The number of nitrogens with zero attached hydrogens (tertiary/aromatic N) is 2. The number of aromatic hydroxyl groups is 1. The summed E-state index contributed by atoms with van der Waals surface area (Å²) in [7, 11) is 0. The second-order valence-corrected chi connectivity index (χ2v) is 7.60. The molecule has 1 N–H and O–H groups in total. The second kappa shape index (κ2) is 7.90. The Morgan fingerprint density at radius 3 is 2.44 bits per heavy atom. The van der Waals surface area contributed by atoms with Crippen LogP contribution < -0.4 is 0 Å². The van der Waals surface area contributed by atoms with Crippen molar-refractivity contribution in [3.8, 4) is 28.3 Å². The van der Waals surface area contributed by atoms with Gasteiger partial charge in [-0.05, 0) is 66.1 Å². The van der Waals surface area contributed by atoms with Crippen molar-refractivity contribution in [2.75, 3.05) is 5.75 Å². The highest BCUT2D eigenvalue weighted by molar-refractivity contribution is 8.03. The van der Waals surface area contributed by atoms with Gasteiger partial charge in [0.05, 0.1) is 0 Å². The van der Waals surface area contributed by atoms with Crippen LogP contribution in [0, 0.1) is 22.7 Å². The summed E-state index contributed by atoms with van der Waals surface area (Å²) in [6, 6.07) is 15.2. The first-order valence-corrected chi connectivity index (χ1v) is 9.45. The van der Waals surface area contributed by atoms with Gasteiger partial charge in [0.1, 0.15) is 23.5 Å². The van der Waals surface area contributed by atoms with Crippen molar-refractivity contribution in [1.82, 2.24) is 0 Å². The Morgan fingerprint density at radius 1 is 1.00 bits per heavy atom. The molecule has 0 saturated carbocycles. The topological polar surface area (TPSA) is 67.8 Å². The molecule has 1 aliphatic rings. The lowest BCUT2D eigenvalue weighted by Gasteiger charge is -2.02. The Hall–Kier alpha value is -2.73. The summed E-state index contributed by atoms with van der Waals surface area (Å²) in [4.78, 5) is 3.31. The van der Waals surface area contributed by atoms with Gasteiger partial charge in [-0.25, -0.2) is 0 Å². The van der Waals surface area contributed by atoms with Crippen LogP contribution in [0.5, 0.6) is 5.75 Å². The normalized spacial score (nSPS) is 13.7. The van der Waals surface area contributed by atoms with Crippen molar-refractivity contribution < 1.29 is 5.11 Å². The molecular formula is C20H14N2OS2. The van der Waals surface area contributed by atoms with Crippen molar-refractivity contribution in [2.24, 2.45) is 0 Å². The molecule has 2 heterocycles. The van der Waals surface area contributed by atoms with Gasteiger partial charge in [-0.1, -0.05) is 6.08 Å². The zero-order chi connectivity index (χ0) is 17.6. The van der Waals surface area contributed by atoms with Crippen molar-refractivity contribution in [3.63, 3.8) is 0 Å². The van der Waals surface area contributed by atoms with Gasteiger partial charge < -0.3 is 5.11 Å². The monoisotopic (exact) mass is 362 g/mol. The molecule has 0 saturated heterocycles. The number of hydrogen-bond donors (Lipinski definition) is 1. The molecule has 0 unspecified atom stereocenters. The van der Waals surface area contributed by atoms with E-state index in [-0.39, 0.29) is 11.3 Å². The average Bonchev–Trinajstić information content (AvgIpc) is 3.00. The van der Waals surface area contributed by atoms with Crippen LogP contribution in [0.2, 0.25) is 0 Å². The zero-order valence-corrected chi connectivity index (χ0v) is 14.9. The number of benzene rings is 1.